The number of Topliss-reactive ketones (excluding diaryl/α,β-unsaturated/α-hetero) is 1. The van der Waals surface area contributed by atoms with E-state index in [0.29, 0.717) is 12.1 Å². The van der Waals surface area contributed by atoms with Crippen LogP contribution in [0.25, 0.3) is 0 Å². The number of ketones is 1. The molecule has 1 unspecified atom stereocenters. The fraction of sp³-hybridized carbons (Fsp3) is 0.200. The van der Waals surface area contributed by atoms with Crippen LogP contribution < -0.4 is 10.8 Å². The molecule has 1 aliphatic rings. The number of hydrogen-bond acceptors (Lipinski definition) is 4. The van der Waals surface area contributed by atoms with Gasteiger partial charge in [-0.3, -0.25) is 14.8 Å². The Labute approximate surface area is 121 Å². The van der Waals surface area contributed by atoms with Gasteiger partial charge in [0.2, 0.25) is 0 Å². The Balaban J connectivity index is 1.93. The van der Waals surface area contributed by atoms with Crippen LogP contribution in [-0.4, -0.2) is 22.9 Å². The van der Waals surface area contributed by atoms with E-state index in [2.05, 4.69) is 5.32 Å². The Hall–Kier alpha value is -2.47. The lowest BCUT2D eigenvalue weighted by Crippen LogP contribution is -2.27. The molecular weight excluding hydrogens is 275 g/mol. The molecule has 1 aromatic carbocycles. The third kappa shape index (κ3) is 4.00. The summed E-state index contributed by atoms with van der Waals surface area (Å²) < 4.78 is 13.3. The van der Waals surface area contributed by atoms with E-state index in [-0.39, 0.29) is 12.2 Å². The fourth-order valence-corrected chi connectivity index (χ4v) is 2.05. The molecule has 0 spiro atoms. The molecule has 0 bridgehead atoms. The second kappa shape index (κ2) is 6.81. The van der Waals surface area contributed by atoms with Crippen molar-refractivity contribution in [3.8, 4) is 0 Å². The molecule has 0 radical (unpaired) electrons. The average Bonchev–Trinajstić information content (AvgIpc) is 2.96. The summed E-state index contributed by atoms with van der Waals surface area (Å²) in [5.74, 6) is -2.40. The van der Waals surface area contributed by atoms with Crippen LogP contribution in [0.5, 0.6) is 0 Å². The zero-order valence-corrected chi connectivity index (χ0v) is 11.2. The minimum Gasteiger partial charge on any atom is -0.376 e. The molecule has 6 heteroatoms. The molecule has 21 heavy (non-hydrogen) atoms. The summed E-state index contributed by atoms with van der Waals surface area (Å²) in [6.45, 7) is 0. The van der Waals surface area contributed by atoms with E-state index in [1.165, 1.54) is 5.48 Å². The van der Waals surface area contributed by atoms with Crippen LogP contribution in [0.2, 0.25) is 0 Å². The molecule has 0 aliphatic carbocycles. The monoisotopic (exact) mass is 290 g/mol. The van der Waals surface area contributed by atoms with Gasteiger partial charge in [-0.2, -0.15) is 0 Å². The lowest BCUT2D eigenvalue weighted by molar-refractivity contribution is -0.126. The first kappa shape index (κ1) is 14.9. The van der Waals surface area contributed by atoms with Crippen molar-refractivity contribution < 1.29 is 19.2 Å². The first-order valence-electron chi connectivity index (χ1n) is 6.45. The van der Waals surface area contributed by atoms with Crippen LogP contribution in [-0.2, 0) is 16.0 Å². The second-order valence-corrected chi connectivity index (χ2v) is 4.65. The van der Waals surface area contributed by atoms with Crippen molar-refractivity contribution in [2.75, 3.05) is 0 Å². The molecule has 5 nitrogen and oxygen atoms in total. The van der Waals surface area contributed by atoms with Gasteiger partial charge in [0.15, 0.2) is 11.6 Å². The van der Waals surface area contributed by atoms with Crippen molar-refractivity contribution >= 4 is 11.7 Å². The van der Waals surface area contributed by atoms with Gasteiger partial charge >= 0.3 is 5.91 Å². The van der Waals surface area contributed by atoms with Crippen molar-refractivity contribution in [3.05, 3.63) is 59.6 Å². The molecule has 1 atom stereocenters. The highest BCUT2D eigenvalue weighted by Crippen LogP contribution is 2.15. The average molecular weight is 290 g/mol. The zero-order chi connectivity index (χ0) is 15.2. The van der Waals surface area contributed by atoms with E-state index in [4.69, 9.17) is 5.21 Å². The number of hydrogen-bond donors (Lipinski definition) is 3. The first-order chi connectivity index (χ1) is 10.1. The SMILES string of the molecule is O=C(Cc1ccccc1)C1=CCC(/C=C(/F)C(=O)NO)N1. The number of halogens is 1. The van der Waals surface area contributed by atoms with Gasteiger partial charge in [0, 0.05) is 6.42 Å². The number of carbonyl (C=O) groups excluding carboxylic acids is 2. The normalized spacial score (nSPS) is 17.9. The quantitative estimate of drug-likeness (QED) is 0.435. The van der Waals surface area contributed by atoms with E-state index in [9.17, 15) is 14.0 Å². The van der Waals surface area contributed by atoms with Crippen LogP contribution >= 0.6 is 0 Å². The van der Waals surface area contributed by atoms with Crippen molar-refractivity contribution in [3.63, 3.8) is 0 Å². The lowest BCUT2D eigenvalue weighted by atomic mass is 10.1. The molecule has 0 aromatic heterocycles. The van der Waals surface area contributed by atoms with Gasteiger partial charge in [-0.15, -0.1) is 0 Å². The third-order valence-corrected chi connectivity index (χ3v) is 3.09. The van der Waals surface area contributed by atoms with Crippen molar-refractivity contribution in [2.45, 2.75) is 18.9 Å². The molecule has 1 aliphatic heterocycles. The summed E-state index contributed by atoms with van der Waals surface area (Å²) in [4.78, 5) is 22.9. The molecule has 3 N–H and O–H groups in total. The topological polar surface area (TPSA) is 78.4 Å². The Morgan fingerprint density at radius 1 is 1.38 bits per heavy atom. The molecular formula is C15H15FN2O3. The molecule has 1 amide bonds. The number of nitrogens with one attached hydrogen (secondary N) is 2. The van der Waals surface area contributed by atoms with E-state index in [0.717, 1.165) is 11.6 Å². The van der Waals surface area contributed by atoms with E-state index >= 15 is 0 Å². The van der Waals surface area contributed by atoms with Crippen molar-refractivity contribution in [1.82, 2.24) is 10.8 Å². The summed E-state index contributed by atoms with van der Waals surface area (Å²) >= 11 is 0. The molecule has 0 saturated carbocycles. The highest BCUT2D eigenvalue weighted by Gasteiger charge is 2.21. The Bertz CT molecular complexity index is 596. The van der Waals surface area contributed by atoms with Gasteiger partial charge in [-0.1, -0.05) is 36.4 Å². The highest BCUT2D eigenvalue weighted by atomic mass is 19.1. The molecule has 110 valence electrons. The van der Waals surface area contributed by atoms with Crippen LogP contribution in [0.1, 0.15) is 12.0 Å². The molecule has 2 rings (SSSR count). The maximum absolute atomic E-state index is 13.3. The highest BCUT2D eigenvalue weighted by molar-refractivity contribution is 5.97. The Kier molecular flexibility index (Phi) is 4.84. The van der Waals surface area contributed by atoms with Gasteiger partial charge < -0.3 is 5.32 Å². The molecule has 0 fully saturated rings. The van der Waals surface area contributed by atoms with Gasteiger partial charge in [0.05, 0.1) is 11.7 Å². The third-order valence-electron chi connectivity index (χ3n) is 3.09. The van der Waals surface area contributed by atoms with Crippen LogP contribution in [0.3, 0.4) is 0 Å². The van der Waals surface area contributed by atoms with Crippen LogP contribution in [0.15, 0.2) is 54.0 Å². The van der Waals surface area contributed by atoms with E-state index < -0.39 is 17.8 Å². The Morgan fingerprint density at radius 3 is 2.76 bits per heavy atom. The summed E-state index contributed by atoms with van der Waals surface area (Å²) in [6.07, 6.45) is 3.37. The van der Waals surface area contributed by atoms with Gasteiger partial charge in [0.1, 0.15) is 0 Å². The summed E-state index contributed by atoms with van der Waals surface area (Å²) in [5.41, 5.74) is 2.52. The first-order valence-corrected chi connectivity index (χ1v) is 6.45. The molecule has 0 saturated heterocycles. The fourth-order valence-electron chi connectivity index (χ4n) is 2.05. The summed E-state index contributed by atoms with van der Waals surface area (Å²) in [7, 11) is 0. The lowest BCUT2D eigenvalue weighted by Gasteiger charge is -2.09. The van der Waals surface area contributed by atoms with Crippen LogP contribution in [0.4, 0.5) is 4.39 Å². The smallest absolute Gasteiger partial charge is 0.303 e. The van der Waals surface area contributed by atoms with E-state index in [1.54, 1.807) is 6.08 Å². The van der Waals surface area contributed by atoms with Gasteiger partial charge in [-0.05, 0) is 18.1 Å². The number of amides is 1. The minimum absolute atomic E-state index is 0.0934. The number of carbonyl (C=O) groups is 2. The van der Waals surface area contributed by atoms with Crippen LogP contribution in [0, 0.1) is 0 Å². The predicted octanol–water partition coefficient (Wildman–Crippen LogP) is 1.40. The van der Waals surface area contributed by atoms with Crippen molar-refractivity contribution in [1.29, 1.82) is 0 Å². The maximum atomic E-state index is 13.3. The van der Waals surface area contributed by atoms with Gasteiger partial charge in [0.25, 0.3) is 0 Å². The predicted molar refractivity (Wildman–Crippen MR) is 73.9 cm³/mol. The Morgan fingerprint density at radius 2 is 2.10 bits per heavy atom. The summed E-state index contributed by atoms with van der Waals surface area (Å²) in [6, 6.07) is 8.82. The number of allylic oxidation sites excluding steroid dienone is 1. The zero-order valence-electron chi connectivity index (χ0n) is 11.2. The number of hydroxylamine groups is 1. The second-order valence-electron chi connectivity index (χ2n) is 4.65. The summed E-state index contributed by atoms with van der Waals surface area (Å²) in [5, 5.41) is 11.2. The molecule has 1 heterocycles. The number of rotatable bonds is 5. The standard InChI is InChI=1S/C15H15FN2O3/c16-12(15(20)18-21)9-11-6-7-13(17-11)14(19)8-10-4-2-1-3-5-10/h1-5,7,9,11,17,21H,6,8H2,(H,18,20)/b12-9+. The van der Waals surface area contributed by atoms with Crippen molar-refractivity contribution in [2.24, 2.45) is 0 Å². The van der Waals surface area contributed by atoms with Gasteiger partial charge in [-0.25, -0.2) is 9.87 Å². The number of benzene rings is 1. The van der Waals surface area contributed by atoms with E-state index in [1.807, 2.05) is 30.3 Å². The minimum atomic E-state index is -1.21. The molecule has 1 aromatic rings. The maximum Gasteiger partial charge on any atom is 0.303 e. The largest absolute Gasteiger partial charge is 0.376 e.